The van der Waals surface area contributed by atoms with Crippen molar-refractivity contribution in [3.63, 3.8) is 0 Å². The van der Waals surface area contributed by atoms with Crippen LogP contribution in [-0.2, 0) is 4.74 Å². The van der Waals surface area contributed by atoms with E-state index in [1.807, 2.05) is 36.4 Å². The number of thiophene rings is 1. The first-order chi connectivity index (χ1) is 12.2. The summed E-state index contributed by atoms with van der Waals surface area (Å²) < 4.78 is 5.18. The highest BCUT2D eigenvalue weighted by Crippen LogP contribution is 2.35. The van der Waals surface area contributed by atoms with Crippen molar-refractivity contribution in [1.82, 2.24) is 5.32 Å². The Morgan fingerprint density at radius 3 is 2.64 bits per heavy atom. The number of nitrogens with one attached hydrogen (secondary N) is 2. The van der Waals surface area contributed by atoms with E-state index >= 15 is 0 Å². The molecular formula is C19H24N2O2S2. The van der Waals surface area contributed by atoms with E-state index in [2.05, 4.69) is 17.6 Å². The van der Waals surface area contributed by atoms with Crippen molar-refractivity contribution in [2.24, 2.45) is 0 Å². The highest BCUT2D eigenvalue weighted by atomic mass is 32.1. The van der Waals surface area contributed by atoms with Crippen molar-refractivity contribution >= 4 is 39.6 Å². The Hall–Kier alpha value is -1.92. The number of unbranched alkanes of at least 4 members (excludes halogenated alkanes) is 2. The standard InChI is InChI=1S/C19H24N2O2S2/c1-3-5-9-12-20-19(24)21-17-15(18(22)23-4-2)13-16(25-17)14-10-7-6-8-11-14/h6-8,10-11,13H,3-5,9,12H2,1-2H3,(H2,20,21,24). The Labute approximate surface area is 158 Å². The summed E-state index contributed by atoms with van der Waals surface area (Å²) in [6.45, 7) is 5.13. The van der Waals surface area contributed by atoms with Gasteiger partial charge < -0.3 is 15.4 Å². The molecule has 134 valence electrons. The van der Waals surface area contributed by atoms with E-state index < -0.39 is 0 Å². The zero-order valence-corrected chi connectivity index (χ0v) is 16.3. The number of carbonyl (C=O) groups is 1. The van der Waals surface area contributed by atoms with Crippen LogP contribution in [0.5, 0.6) is 0 Å². The third-order valence-electron chi connectivity index (χ3n) is 3.58. The van der Waals surface area contributed by atoms with E-state index in [0.717, 1.165) is 23.4 Å². The van der Waals surface area contributed by atoms with Crippen LogP contribution in [0, 0.1) is 0 Å². The fraction of sp³-hybridized carbons (Fsp3) is 0.368. The molecule has 0 amide bonds. The molecule has 0 saturated carbocycles. The van der Waals surface area contributed by atoms with E-state index in [1.165, 1.54) is 24.2 Å². The lowest BCUT2D eigenvalue weighted by Crippen LogP contribution is -2.29. The first kappa shape index (κ1) is 19.4. The lowest BCUT2D eigenvalue weighted by atomic mass is 10.1. The van der Waals surface area contributed by atoms with Crippen LogP contribution in [-0.4, -0.2) is 24.2 Å². The third-order valence-corrected chi connectivity index (χ3v) is 4.92. The maximum Gasteiger partial charge on any atom is 0.341 e. The van der Waals surface area contributed by atoms with Gasteiger partial charge in [0.05, 0.1) is 12.2 Å². The van der Waals surface area contributed by atoms with Gasteiger partial charge in [-0.25, -0.2) is 4.79 Å². The van der Waals surface area contributed by atoms with Gasteiger partial charge in [0.25, 0.3) is 0 Å². The van der Waals surface area contributed by atoms with Gasteiger partial charge in [-0.05, 0) is 37.2 Å². The van der Waals surface area contributed by atoms with E-state index in [1.54, 1.807) is 6.92 Å². The molecule has 25 heavy (non-hydrogen) atoms. The predicted octanol–water partition coefficient (Wildman–Crippen LogP) is 5.07. The monoisotopic (exact) mass is 376 g/mol. The minimum Gasteiger partial charge on any atom is -0.462 e. The SMILES string of the molecule is CCCCCNC(=S)Nc1sc(-c2ccccc2)cc1C(=O)OCC. The van der Waals surface area contributed by atoms with E-state index in [-0.39, 0.29) is 5.97 Å². The third kappa shape index (κ3) is 5.83. The number of hydrogen-bond acceptors (Lipinski definition) is 4. The summed E-state index contributed by atoms with van der Waals surface area (Å²) >= 11 is 6.85. The number of anilines is 1. The molecule has 0 fully saturated rings. The average Bonchev–Trinajstić information content (AvgIpc) is 3.03. The summed E-state index contributed by atoms with van der Waals surface area (Å²) in [7, 11) is 0. The molecule has 0 unspecified atom stereocenters. The summed E-state index contributed by atoms with van der Waals surface area (Å²) in [5.41, 5.74) is 1.58. The Morgan fingerprint density at radius 2 is 1.96 bits per heavy atom. The molecule has 0 aliphatic carbocycles. The highest BCUT2D eigenvalue weighted by Gasteiger charge is 2.18. The summed E-state index contributed by atoms with van der Waals surface area (Å²) in [5, 5.41) is 7.59. The zero-order valence-electron chi connectivity index (χ0n) is 14.6. The largest absolute Gasteiger partial charge is 0.462 e. The van der Waals surface area contributed by atoms with Crippen LogP contribution in [0.1, 0.15) is 43.5 Å². The molecule has 0 aliphatic heterocycles. The minimum atomic E-state index is -0.336. The molecule has 0 radical (unpaired) electrons. The maximum absolute atomic E-state index is 12.3. The molecule has 1 aromatic carbocycles. The number of carbonyl (C=O) groups excluding carboxylic acids is 1. The molecule has 1 aromatic heterocycles. The second-order valence-corrected chi connectivity index (χ2v) is 6.99. The van der Waals surface area contributed by atoms with Crippen molar-refractivity contribution < 1.29 is 9.53 Å². The van der Waals surface area contributed by atoms with Crippen LogP contribution < -0.4 is 10.6 Å². The Bertz CT molecular complexity index is 699. The molecule has 0 atom stereocenters. The van der Waals surface area contributed by atoms with Crippen LogP contribution in [0.4, 0.5) is 5.00 Å². The molecule has 0 spiro atoms. The van der Waals surface area contributed by atoms with Gasteiger partial charge in [0.15, 0.2) is 5.11 Å². The number of esters is 1. The summed E-state index contributed by atoms with van der Waals surface area (Å²) in [4.78, 5) is 13.3. The Kier molecular flexibility index (Phi) is 7.88. The fourth-order valence-corrected chi connectivity index (χ4v) is 3.64. The Balaban J connectivity index is 2.15. The van der Waals surface area contributed by atoms with E-state index in [9.17, 15) is 4.79 Å². The number of thiocarbonyl (C=S) groups is 1. The van der Waals surface area contributed by atoms with Gasteiger partial charge >= 0.3 is 5.97 Å². The van der Waals surface area contributed by atoms with Gasteiger partial charge in [0.2, 0.25) is 0 Å². The first-order valence-corrected chi connectivity index (χ1v) is 9.79. The summed E-state index contributed by atoms with van der Waals surface area (Å²) in [6, 6.07) is 11.8. The number of hydrogen-bond donors (Lipinski definition) is 2. The lowest BCUT2D eigenvalue weighted by Gasteiger charge is -2.10. The quantitative estimate of drug-likeness (QED) is 0.383. The van der Waals surface area contributed by atoms with Gasteiger partial charge in [-0.15, -0.1) is 11.3 Å². The van der Waals surface area contributed by atoms with Crippen LogP contribution in [0.3, 0.4) is 0 Å². The molecule has 4 nitrogen and oxygen atoms in total. The molecule has 2 rings (SSSR count). The van der Waals surface area contributed by atoms with E-state index in [0.29, 0.717) is 22.3 Å². The van der Waals surface area contributed by atoms with Crippen LogP contribution in [0.25, 0.3) is 10.4 Å². The molecule has 0 aliphatic rings. The molecule has 0 saturated heterocycles. The lowest BCUT2D eigenvalue weighted by molar-refractivity contribution is 0.0528. The van der Waals surface area contributed by atoms with Crippen LogP contribution in [0.2, 0.25) is 0 Å². The summed E-state index contributed by atoms with van der Waals surface area (Å²) in [5.74, 6) is -0.336. The average molecular weight is 377 g/mol. The minimum absolute atomic E-state index is 0.336. The van der Waals surface area contributed by atoms with Gasteiger partial charge in [0.1, 0.15) is 5.00 Å². The first-order valence-electron chi connectivity index (χ1n) is 8.57. The smallest absolute Gasteiger partial charge is 0.341 e. The molecular weight excluding hydrogens is 352 g/mol. The number of rotatable bonds is 8. The normalized spacial score (nSPS) is 10.3. The number of ether oxygens (including phenoxy) is 1. The van der Waals surface area contributed by atoms with Crippen molar-refractivity contribution in [2.75, 3.05) is 18.5 Å². The van der Waals surface area contributed by atoms with Gasteiger partial charge in [-0.3, -0.25) is 0 Å². The van der Waals surface area contributed by atoms with E-state index in [4.69, 9.17) is 17.0 Å². The van der Waals surface area contributed by atoms with Crippen molar-refractivity contribution in [2.45, 2.75) is 33.1 Å². The van der Waals surface area contributed by atoms with Gasteiger partial charge in [-0.1, -0.05) is 50.1 Å². The highest BCUT2D eigenvalue weighted by molar-refractivity contribution is 7.80. The molecule has 0 bridgehead atoms. The topological polar surface area (TPSA) is 50.4 Å². The Morgan fingerprint density at radius 1 is 1.20 bits per heavy atom. The molecule has 6 heteroatoms. The number of benzene rings is 1. The van der Waals surface area contributed by atoms with Gasteiger partial charge in [-0.2, -0.15) is 0 Å². The van der Waals surface area contributed by atoms with Crippen molar-refractivity contribution in [3.05, 3.63) is 42.0 Å². The second kappa shape index (κ2) is 10.2. The van der Waals surface area contributed by atoms with Gasteiger partial charge in [0, 0.05) is 11.4 Å². The fourth-order valence-electron chi connectivity index (χ4n) is 2.31. The van der Waals surface area contributed by atoms with Crippen molar-refractivity contribution in [1.29, 1.82) is 0 Å². The second-order valence-electron chi connectivity index (χ2n) is 5.53. The van der Waals surface area contributed by atoms with Crippen LogP contribution >= 0.6 is 23.6 Å². The molecule has 2 aromatic rings. The predicted molar refractivity (Wildman–Crippen MR) is 109 cm³/mol. The summed E-state index contributed by atoms with van der Waals surface area (Å²) in [6.07, 6.45) is 3.41. The maximum atomic E-state index is 12.3. The molecule has 1 heterocycles. The van der Waals surface area contributed by atoms with Crippen LogP contribution in [0.15, 0.2) is 36.4 Å². The molecule has 2 N–H and O–H groups in total. The zero-order chi connectivity index (χ0) is 18.1. The van der Waals surface area contributed by atoms with Crippen molar-refractivity contribution in [3.8, 4) is 10.4 Å².